The van der Waals surface area contributed by atoms with E-state index in [2.05, 4.69) is 29.8 Å². The molecule has 2 unspecified atom stereocenters. The van der Waals surface area contributed by atoms with Gasteiger partial charge in [0.1, 0.15) is 5.75 Å². The second-order valence-corrected chi connectivity index (χ2v) is 5.64. The predicted molar refractivity (Wildman–Crippen MR) is 73.7 cm³/mol. The fourth-order valence-electron chi connectivity index (χ4n) is 1.60. The van der Waals surface area contributed by atoms with Crippen LogP contribution in [0.25, 0.3) is 0 Å². The van der Waals surface area contributed by atoms with Gasteiger partial charge in [-0.3, -0.25) is 0 Å². The molecular formula is C13H18BrClO. The fourth-order valence-corrected chi connectivity index (χ4v) is 2.77. The Hall–Kier alpha value is -0.210. The fraction of sp³-hybridized carbons (Fsp3) is 0.538. The molecule has 0 fully saturated rings. The van der Waals surface area contributed by atoms with Crippen LogP contribution in [0.5, 0.6) is 5.75 Å². The summed E-state index contributed by atoms with van der Waals surface area (Å²) in [6.07, 6.45) is 2.28. The van der Waals surface area contributed by atoms with Gasteiger partial charge in [0.2, 0.25) is 0 Å². The van der Waals surface area contributed by atoms with E-state index in [1.54, 1.807) is 7.11 Å². The summed E-state index contributed by atoms with van der Waals surface area (Å²) in [5.74, 6) is 1.59. The van der Waals surface area contributed by atoms with Gasteiger partial charge in [-0.2, -0.15) is 0 Å². The van der Waals surface area contributed by atoms with Crippen molar-refractivity contribution < 1.29 is 4.74 Å². The van der Waals surface area contributed by atoms with E-state index in [-0.39, 0.29) is 0 Å². The third-order valence-corrected chi connectivity index (χ3v) is 3.94. The van der Waals surface area contributed by atoms with Crippen LogP contribution in [0.3, 0.4) is 0 Å². The normalized spacial score (nSPS) is 14.6. The molecule has 0 aromatic heterocycles. The van der Waals surface area contributed by atoms with Crippen molar-refractivity contribution in [2.75, 3.05) is 7.11 Å². The van der Waals surface area contributed by atoms with Crippen molar-refractivity contribution in [1.29, 1.82) is 0 Å². The van der Waals surface area contributed by atoms with E-state index in [1.807, 2.05) is 18.2 Å². The quantitative estimate of drug-likeness (QED) is 0.678. The van der Waals surface area contributed by atoms with Crippen molar-refractivity contribution in [3.63, 3.8) is 0 Å². The Bertz CT molecular complexity index is 341. The Morgan fingerprint density at radius 2 is 2.12 bits per heavy atom. The zero-order valence-corrected chi connectivity index (χ0v) is 12.3. The topological polar surface area (TPSA) is 9.23 Å². The Balaban J connectivity index is 2.88. The number of hydrogen-bond acceptors (Lipinski definition) is 1. The molecule has 16 heavy (non-hydrogen) atoms. The molecule has 0 aliphatic heterocycles. The van der Waals surface area contributed by atoms with E-state index in [4.69, 9.17) is 16.3 Å². The van der Waals surface area contributed by atoms with Gasteiger partial charge < -0.3 is 4.74 Å². The molecule has 1 rings (SSSR count). The van der Waals surface area contributed by atoms with Gasteiger partial charge in [-0.15, -0.1) is 0 Å². The Labute approximate surface area is 111 Å². The highest BCUT2D eigenvalue weighted by atomic mass is 79.9. The Kier molecular flexibility index (Phi) is 5.63. The second-order valence-electron chi connectivity index (χ2n) is 4.10. The third-order valence-electron chi connectivity index (χ3n) is 2.84. The summed E-state index contributed by atoms with van der Waals surface area (Å²) in [7, 11) is 1.69. The monoisotopic (exact) mass is 304 g/mol. The van der Waals surface area contributed by atoms with Gasteiger partial charge in [0.05, 0.1) is 7.11 Å². The molecule has 0 saturated carbocycles. The average molecular weight is 306 g/mol. The van der Waals surface area contributed by atoms with Gasteiger partial charge in [0.15, 0.2) is 0 Å². The van der Waals surface area contributed by atoms with Crippen molar-refractivity contribution in [3.05, 3.63) is 28.8 Å². The number of methoxy groups -OCH3 is 1. The van der Waals surface area contributed by atoms with Crippen molar-refractivity contribution in [1.82, 2.24) is 0 Å². The van der Waals surface area contributed by atoms with Crippen LogP contribution in [-0.4, -0.2) is 7.11 Å². The molecular weight excluding hydrogens is 287 g/mol. The number of rotatable bonds is 5. The van der Waals surface area contributed by atoms with E-state index < -0.39 is 0 Å². The van der Waals surface area contributed by atoms with Gasteiger partial charge in [0, 0.05) is 15.4 Å². The van der Waals surface area contributed by atoms with Gasteiger partial charge in [-0.05, 0) is 30.5 Å². The van der Waals surface area contributed by atoms with Crippen LogP contribution in [0.15, 0.2) is 18.2 Å². The van der Waals surface area contributed by atoms with Gasteiger partial charge in [-0.1, -0.05) is 47.8 Å². The number of hydrogen-bond donors (Lipinski definition) is 0. The smallest absolute Gasteiger partial charge is 0.123 e. The zero-order chi connectivity index (χ0) is 12.1. The first-order valence-electron chi connectivity index (χ1n) is 5.56. The molecule has 0 heterocycles. The standard InChI is InChI=1S/C13H18BrClO/c1-4-9(2)7-12(14)11-8-10(15)5-6-13(11)16-3/h5-6,8-9,12H,4,7H2,1-3H3. The predicted octanol–water partition coefficient (Wildman–Crippen LogP) is 5.22. The minimum Gasteiger partial charge on any atom is -0.496 e. The third kappa shape index (κ3) is 3.67. The minimum atomic E-state index is 0.302. The van der Waals surface area contributed by atoms with Crippen LogP contribution in [0.4, 0.5) is 0 Å². The van der Waals surface area contributed by atoms with E-state index in [1.165, 1.54) is 6.42 Å². The molecule has 0 radical (unpaired) electrons. The van der Waals surface area contributed by atoms with Crippen molar-refractivity contribution in [2.24, 2.45) is 5.92 Å². The molecule has 0 amide bonds. The van der Waals surface area contributed by atoms with E-state index in [0.29, 0.717) is 10.7 Å². The first kappa shape index (κ1) is 13.9. The lowest BCUT2D eigenvalue weighted by Gasteiger charge is -2.17. The molecule has 1 aromatic rings. The van der Waals surface area contributed by atoms with E-state index in [9.17, 15) is 0 Å². The number of ether oxygens (including phenoxy) is 1. The first-order chi connectivity index (χ1) is 7.58. The van der Waals surface area contributed by atoms with Crippen LogP contribution in [0, 0.1) is 5.92 Å². The largest absolute Gasteiger partial charge is 0.496 e. The molecule has 2 atom stereocenters. The van der Waals surface area contributed by atoms with Gasteiger partial charge >= 0.3 is 0 Å². The molecule has 0 aliphatic rings. The van der Waals surface area contributed by atoms with E-state index in [0.717, 1.165) is 22.8 Å². The highest BCUT2D eigenvalue weighted by Crippen LogP contribution is 2.37. The summed E-state index contributed by atoms with van der Waals surface area (Å²) in [5, 5.41) is 0.754. The van der Waals surface area contributed by atoms with Crippen LogP contribution >= 0.6 is 27.5 Å². The highest BCUT2D eigenvalue weighted by molar-refractivity contribution is 9.09. The molecule has 0 N–H and O–H groups in total. The van der Waals surface area contributed by atoms with Crippen molar-refractivity contribution in [3.8, 4) is 5.75 Å². The van der Waals surface area contributed by atoms with Crippen LogP contribution in [-0.2, 0) is 0 Å². The maximum absolute atomic E-state index is 6.01. The lowest BCUT2D eigenvalue weighted by molar-refractivity contribution is 0.406. The van der Waals surface area contributed by atoms with E-state index >= 15 is 0 Å². The summed E-state index contributed by atoms with van der Waals surface area (Å²) >= 11 is 9.73. The van der Waals surface area contributed by atoms with Crippen molar-refractivity contribution in [2.45, 2.75) is 31.5 Å². The second kappa shape index (κ2) is 6.51. The summed E-state index contributed by atoms with van der Waals surface area (Å²) in [6, 6.07) is 5.75. The molecule has 0 spiro atoms. The Morgan fingerprint density at radius 1 is 1.44 bits per heavy atom. The average Bonchev–Trinajstić information content (AvgIpc) is 2.28. The molecule has 0 aliphatic carbocycles. The molecule has 1 aromatic carbocycles. The summed E-state index contributed by atoms with van der Waals surface area (Å²) in [4.78, 5) is 0.302. The minimum absolute atomic E-state index is 0.302. The molecule has 1 nitrogen and oxygen atoms in total. The number of halogens is 2. The molecule has 0 bridgehead atoms. The highest BCUT2D eigenvalue weighted by Gasteiger charge is 2.15. The number of benzene rings is 1. The van der Waals surface area contributed by atoms with Gasteiger partial charge in [-0.25, -0.2) is 0 Å². The lowest BCUT2D eigenvalue weighted by atomic mass is 9.98. The summed E-state index contributed by atoms with van der Waals surface area (Å²) < 4.78 is 5.35. The maximum Gasteiger partial charge on any atom is 0.123 e. The summed E-state index contributed by atoms with van der Waals surface area (Å²) in [6.45, 7) is 4.46. The first-order valence-corrected chi connectivity index (χ1v) is 6.85. The van der Waals surface area contributed by atoms with Crippen LogP contribution in [0.2, 0.25) is 5.02 Å². The molecule has 3 heteroatoms. The Morgan fingerprint density at radius 3 is 2.69 bits per heavy atom. The maximum atomic E-state index is 6.01. The van der Waals surface area contributed by atoms with Gasteiger partial charge in [0.25, 0.3) is 0 Å². The SMILES string of the molecule is CCC(C)CC(Br)c1cc(Cl)ccc1OC. The summed E-state index contributed by atoms with van der Waals surface area (Å²) in [5.41, 5.74) is 1.13. The number of alkyl halides is 1. The zero-order valence-electron chi connectivity index (χ0n) is 9.97. The van der Waals surface area contributed by atoms with Crippen LogP contribution < -0.4 is 4.74 Å². The molecule has 90 valence electrons. The van der Waals surface area contributed by atoms with Crippen LogP contribution in [0.1, 0.15) is 37.1 Å². The van der Waals surface area contributed by atoms with Crippen molar-refractivity contribution >= 4 is 27.5 Å². The lowest BCUT2D eigenvalue weighted by Crippen LogP contribution is -2.01. The molecule has 0 saturated heterocycles.